The molecule has 0 aromatic carbocycles. The number of pyridine rings is 1. The lowest BCUT2D eigenvalue weighted by atomic mass is 10.3. The minimum atomic E-state index is -0.658. The number of hydrogen-bond acceptors (Lipinski definition) is 4. The largest absolute Gasteiger partial charge is 0.418 e. The summed E-state index contributed by atoms with van der Waals surface area (Å²) >= 11 is 0. The zero-order valence-corrected chi connectivity index (χ0v) is 9.51. The fourth-order valence-corrected chi connectivity index (χ4v) is 1.44. The van der Waals surface area contributed by atoms with Gasteiger partial charge < -0.3 is 9.84 Å². The van der Waals surface area contributed by atoms with E-state index in [1.165, 1.54) is 16.9 Å². The first-order chi connectivity index (χ1) is 8.11. The van der Waals surface area contributed by atoms with Crippen LogP contribution >= 0.6 is 0 Å². The average Bonchev–Trinajstić information content (AvgIpc) is 2.60. The SMILES string of the molecule is Cc1cc(Oc2nccc(CO)c2F)n(C)n1. The molecule has 0 radical (unpaired) electrons. The van der Waals surface area contributed by atoms with Gasteiger partial charge in [-0.1, -0.05) is 0 Å². The number of nitrogens with zero attached hydrogens (tertiary/aromatic N) is 3. The highest BCUT2D eigenvalue weighted by molar-refractivity contribution is 5.27. The van der Waals surface area contributed by atoms with Crippen molar-refractivity contribution < 1.29 is 14.2 Å². The topological polar surface area (TPSA) is 60.2 Å². The molecule has 90 valence electrons. The molecule has 5 nitrogen and oxygen atoms in total. The molecule has 0 saturated carbocycles. The lowest BCUT2D eigenvalue weighted by Gasteiger charge is -2.06. The number of aliphatic hydroxyl groups is 1. The highest BCUT2D eigenvalue weighted by Crippen LogP contribution is 2.24. The summed E-state index contributed by atoms with van der Waals surface area (Å²) in [5.41, 5.74) is 0.912. The van der Waals surface area contributed by atoms with Crippen LogP contribution in [0.5, 0.6) is 11.8 Å². The summed E-state index contributed by atoms with van der Waals surface area (Å²) in [6.45, 7) is 1.41. The molecule has 2 heterocycles. The number of ether oxygens (including phenoxy) is 1. The molecule has 2 rings (SSSR count). The Balaban J connectivity index is 2.33. The van der Waals surface area contributed by atoms with Crippen molar-refractivity contribution >= 4 is 0 Å². The second-order valence-corrected chi connectivity index (χ2v) is 3.60. The zero-order chi connectivity index (χ0) is 12.4. The fourth-order valence-electron chi connectivity index (χ4n) is 1.44. The van der Waals surface area contributed by atoms with E-state index in [4.69, 9.17) is 9.84 Å². The molecule has 0 atom stereocenters. The van der Waals surface area contributed by atoms with E-state index < -0.39 is 12.4 Å². The van der Waals surface area contributed by atoms with Crippen LogP contribution in [0.1, 0.15) is 11.3 Å². The highest BCUT2D eigenvalue weighted by Gasteiger charge is 2.13. The van der Waals surface area contributed by atoms with Crippen molar-refractivity contribution in [3.63, 3.8) is 0 Å². The van der Waals surface area contributed by atoms with Crippen molar-refractivity contribution in [1.29, 1.82) is 0 Å². The molecule has 0 aliphatic rings. The summed E-state index contributed by atoms with van der Waals surface area (Å²) in [6.07, 6.45) is 1.38. The summed E-state index contributed by atoms with van der Waals surface area (Å²) in [4.78, 5) is 3.78. The summed E-state index contributed by atoms with van der Waals surface area (Å²) in [5, 5.41) is 13.0. The number of halogens is 1. The second kappa shape index (κ2) is 4.50. The van der Waals surface area contributed by atoms with Crippen LogP contribution in [0.3, 0.4) is 0 Å². The molecule has 0 aliphatic carbocycles. The van der Waals surface area contributed by atoms with Crippen LogP contribution in [0.4, 0.5) is 4.39 Å². The molecule has 0 spiro atoms. The van der Waals surface area contributed by atoms with Crippen molar-refractivity contribution in [2.75, 3.05) is 0 Å². The van der Waals surface area contributed by atoms with Gasteiger partial charge in [0.15, 0.2) is 5.82 Å². The summed E-state index contributed by atoms with van der Waals surface area (Å²) in [7, 11) is 1.69. The van der Waals surface area contributed by atoms with Gasteiger partial charge in [-0.15, -0.1) is 0 Å². The first-order valence-electron chi connectivity index (χ1n) is 5.04. The van der Waals surface area contributed by atoms with Gasteiger partial charge in [0.2, 0.25) is 5.88 Å². The lowest BCUT2D eigenvalue weighted by molar-refractivity contribution is 0.272. The van der Waals surface area contributed by atoms with Crippen LogP contribution in [-0.2, 0) is 13.7 Å². The number of rotatable bonds is 3. The van der Waals surface area contributed by atoms with Crippen LogP contribution in [0.2, 0.25) is 0 Å². The van der Waals surface area contributed by atoms with Crippen molar-refractivity contribution in [2.45, 2.75) is 13.5 Å². The Labute approximate surface area is 97.5 Å². The molecular weight excluding hydrogens is 225 g/mol. The van der Waals surface area contributed by atoms with Gasteiger partial charge in [0.05, 0.1) is 12.3 Å². The Bertz CT molecular complexity index is 540. The van der Waals surface area contributed by atoms with E-state index in [-0.39, 0.29) is 11.4 Å². The maximum atomic E-state index is 13.7. The standard InChI is InChI=1S/C11H12FN3O2/c1-7-5-9(15(2)14-7)17-11-10(12)8(6-16)3-4-13-11/h3-5,16H,6H2,1-2H3. The Hall–Kier alpha value is -1.95. The monoisotopic (exact) mass is 237 g/mol. The van der Waals surface area contributed by atoms with Crippen molar-refractivity contribution in [1.82, 2.24) is 14.8 Å². The van der Waals surface area contributed by atoms with Crippen LogP contribution in [0, 0.1) is 12.7 Å². The number of aromatic nitrogens is 3. The maximum absolute atomic E-state index is 13.7. The van der Waals surface area contributed by atoms with Crippen molar-refractivity contribution in [2.24, 2.45) is 7.05 Å². The van der Waals surface area contributed by atoms with E-state index in [2.05, 4.69) is 10.1 Å². The maximum Gasteiger partial charge on any atom is 0.257 e. The quantitative estimate of drug-likeness (QED) is 0.879. The van der Waals surface area contributed by atoms with Gasteiger partial charge in [0, 0.05) is 24.9 Å². The van der Waals surface area contributed by atoms with E-state index in [9.17, 15) is 4.39 Å². The Morgan fingerprint density at radius 3 is 2.88 bits per heavy atom. The smallest absolute Gasteiger partial charge is 0.257 e. The zero-order valence-electron chi connectivity index (χ0n) is 9.51. The minimum Gasteiger partial charge on any atom is -0.418 e. The molecule has 0 unspecified atom stereocenters. The van der Waals surface area contributed by atoms with E-state index in [1.54, 1.807) is 20.0 Å². The van der Waals surface area contributed by atoms with Gasteiger partial charge in [-0.3, -0.25) is 0 Å². The number of aryl methyl sites for hydroxylation is 2. The molecule has 1 N–H and O–H groups in total. The van der Waals surface area contributed by atoms with Crippen LogP contribution in [0.25, 0.3) is 0 Å². The molecule has 0 fully saturated rings. The normalized spacial score (nSPS) is 10.6. The average molecular weight is 237 g/mol. The molecule has 2 aromatic heterocycles. The first kappa shape index (κ1) is 11.5. The molecule has 2 aromatic rings. The van der Waals surface area contributed by atoms with Gasteiger partial charge in [0.25, 0.3) is 5.88 Å². The third kappa shape index (κ3) is 2.26. The highest BCUT2D eigenvalue weighted by atomic mass is 19.1. The third-order valence-electron chi connectivity index (χ3n) is 2.27. The molecule has 0 amide bonds. The molecule has 0 saturated heterocycles. The molecule has 0 bridgehead atoms. The van der Waals surface area contributed by atoms with E-state index in [0.29, 0.717) is 5.88 Å². The predicted octanol–water partition coefficient (Wildman–Crippen LogP) is 1.55. The van der Waals surface area contributed by atoms with E-state index in [0.717, 1.165) is 5.69 Å². The van der Waals surface area contributed by atoms with Gasteiger partial charge in [-0.25, -0.2) is 14.1 Å². The van der Waals surface area contributed by atoms with Gasteiger partial charge >= 0.3 is 0 Å². The van der Waals surface area contributed by atoms with Crippen LogP contribution in [-0.4, -0.2) is 19.9 Å². The van der Waals surface area contributed by atoms with Crippen LogP contribution < -0.4 is 4.74 Å². The third-order valence-corrected chi connectivity index (χ3v) is 2.27. The molecule has 6 heteroatoms. The lowest BCUT2D eigenvalue weighted by Crippen LogP contribution is -2.00. The second-order valence-electron chi connectivity index (χ2n) is 3.60. The van der Waals surface area contributed by atoms with Crippen molar-refractivity contribution in [3.05, 3.63) is 35.4 Å². The van der Waals surface area contributed by atoms with Crippen molar-refractivity contribution in [3.8, 4) is 11.8 Å². The van der Waals surface area contributed by atoms with Gasteiger partial charge in [-0.05, 0) is 13.0 Å². The summed E-state index contributed by atoms with van der Waals surface area (Å²) < 4.78 is 20.5. The summed E-state index contributed by atoms with van der Waals surface area (Å²) in [5.74, 6) is -0.433. The molecule has 0 aliphatic heterocycles. The summed E-state index contributed by atoms with van der Waals surface area (Å²) in [6, 6.07) is 3.07. The Kier molecular flexibility index (Phi) is 3.06. The fraction of sp³-hybridized carbons (Fsp3) is 0.273. The molecule has 17 heavy (non-hydrogen) atoms. The van der Waals surface area contributed by atoms with Gasteiger partial charge in [0.1, 0.15) is 0 Å². The predicted molar refractivity (Wildman–Crippen MR) is 58.1 cm³/mol. The number of aliphatic hydroxyl groups excluding tert-OH is 1. The van der Waals surface area contributed by atoms with E-state index >= 15 is 0 Å². The minimum absolute atomic E-state index is 0.147. The number of hydrogen-bond donors (Lipinski definition) is 1. The van der Waals surface area contributed by atoms with E-state index in [1.807, 2.05) is 0 Å². The Morgan fingerprint density at radius 1 is 1.53 bits per heavy atom. The first-order valence-corrected chi connectivity index (χ1v) is 5.04. The van der Waals surface area contributed by atoms with Crippen LogP contribution in [0.15, 0.2) is 18.3 Å². The van der Waals surface area contributed by atoms with Gasteiger partial charge in [-0.2, -0.15) is 5.10 Å². The Morgan fingerprint density at radius 2 is 2.29 bits per heavy atom. The molecular formula is C11H12FN3O2.